The van der Waals surface area contributed by atoms with Crippen LogP contribution < -0.4 is 10.6 Å². The van der Waals surface area contributed by atoms with E-state index in [0.717, 1.165) is 45.2 Å². The van der Waals surface area contributed by atoms with Gasteiger partial charge in [-0.25, -0.2) is 0 Å². The summed E-state index contributed by atoms with van der Waals surface area (Å²) >= 11 is 0. The topological polar surface area (TPSA) is 60.0 Å². The Morgan fingerprint density at radius 1 is 1.16 bits per heavy atom. The van der Waals surface area contributed by atoms with Crippen LogP contribution in [0.4, 0.5) is 0 Å². The second kappa shape index (κ2) is 14.6. The summed E-state index contributed by atoms with van der Waals surface area (Å²) in [5.74, 6) is 1.07. The van der Waals surface area contributed by atoms with E-state index in [1.807, 2.05) is 11.9 Å². The molecule has 1 unspecified atom stereocenters. The summed E-state index contributed by atoms with van der Waals surface area (Å²) in [6.45, 7) is 11.6. The van der Waals surface area contributed by atoms with E-state index in [4.69, 9.17) is 0 Å². The summed E-state index contributed by atoms with van der Waals surface area (Å²) in [4.78, 5) is 20.0. The zero-order valence-electron chi connectivity index (χ0n) is 16.5. The number of hydrogen-bond acceptors (Lipinski definition) is 3. The van der Waals surface area contributed by atoms with E-state index in [-0.39, 0.29) is 29.9 Å². The van der Waals surface area contributed by atoms with Gasteiger partial charge in [0.2, 0.25) is 5.91 Å². The summed E-state index contributed by atoms with van der Waals surface area (Å²) < 4.78 is 0. The first-order chi connectivity index (χ1) is 11.6. The fraction of sp³-hybridized carbons (Fsp3) is 0.889. The summed E-state index contributed by atoms with van der Waals surface area (Å²) in [5, 5.41) is 6.87. The average Bonchev–Trinajstić information content (AvgIpc) is 2.58. The van der Waals surface area contributed by atoms with E-state index in [2.05, 4.69) is 34.4 Å². The van der Waals surface area contributed by atoms with Crippen LogP contribution in [-0.4, -0.2) is 74.0 Å². The van der Waals surface area contributed by atoms with Crippen molar-refractivity contribution in [2.75, 3.05) is 46.3 Å². The average molecular weight is 467 g/mol. The molecule has 1 saturated heterocycles. The Balaban J connectivity index is 0.00000576. The Hall–Kier alpha value is -0.570. The lowest BCUT2D eigenvalue weighted by Crippen LogP contribution is -2.50. The number of guanidine groups is 1. The molecular weight excluding hydrogens is 429 g/mol. The van der Waals surface area contributed by atoms with Crippen LogP contribution in [-0.2, 0) is 4.79 Å². The third kappa shape index (κ3) is 10.9. The van der Waals surface area contributed by atoms with Gasteiger partial charge in [-0.2, -0.15) is 0 Å². The first-order valence-corrected chi connectivity index (χ1v) is 9.51. The number of piperazine rings is 1. The summed E-state index contributed by atoms with van der Waals surface area (Å²) in [6, 6.07) is 0.451. The Kier molecular flexibility index (Phi) is 14.3. The van der Waals surface area contributed by atoms with Crippen molar-refractivity contribution in [3.63, 3.8) is 0 Å². The quantitative estimate of drug-likeness (QED) is 0.237. The molecule has 0 aromatic rings. The molecule has 6 nitrogen and oxygen atoms in total. The van der Waals surface area contributed by atoms with Gasteiger partial charge in [-0.15, -0.1) is 24.0 Å². The fourth-order valence-electron chi connectivity index (χ4n) is 3.00. The van der Waals surface area contributed by atoms with Crippen LogP contribution in [0.25, 0.3) is 0 Å². The van der Waals surface area contributed by atoms with Gasteiger partial charge in [0.25, 0.3) is 0 Å². The van der Waals surface area contributed by atoms with Gasteiger partial charge in [0.05, 0.1) is 0 Å². The first-order valence-electron chi connectivity index (χ1n) is 9.51. The molecule has 25 heavy (non-hydrogen) atoms. The van der Waals surface area contributed by atoms with E-state index in [0.29, 0.717) is 6.04 Å². The maximum Gasteiger partial charge on any atom is 0.219 e. The molecule has 0 aliphatic carbocycles. The van der Waals surface area contributed by atoms with Crippen molar-refractivity contribution in [3.05, 3.63) is 0 Å². The minimum atomic E-state index is 0. The second-order valence-corrected chi connectivity index (χ2v) is 6.74. The highest BCUT2D eigenvalue weighted by Crippen LogP contribution is 2.05. The highest BCUT2D eigenvalue weighted by atomic mass is 127. The van der Waals surface area contributed by atoms with Crippen molar-refractivity contribution in [1.82, 2.24) is 20.4 Å². The van der Waals surface area contributed by atoms with Gasteiger partial charge < -0.3 is 15.5 Å². The number of carbonyl (C=O) groups excluding carboxylic acids is 1. The molecule has 148 valence electrons. The van der Waals surface area contributed by atoms with E-state index in [9.17, 15) is 4.79 Å². The van der Waals surface area contributed by atoms with Crippen molar-refractivity contribution in [1.29, 1.82) is 0 Å². The maximum atomic E-state index is 11.3. The van der Waals surface area contributed by atoms with Crippen molar-refractivity contribution in [3.8, 4) is 0 Å². The van der Waals surface area contributed by atoms with E-state index in [1.165, 1.54) is 32.1 Å². The summed E-state index contributed by atoms with van der Waals surface area (Å²) in [7, 11) is 1.82. The molecule has 0 spiro atoms. The molecule has 1 rings (SSSR count). The zero-order chi connectivity index (χ0) is 17.8. The van der Waals surface area contributed by atoms with Crippen molar-refractivity contribution < 1.29 is 4.79 Å². The monoisotopic (exact) mass is 467 g/mol. The molecule has 0 aromatic carbocycles. The van der Waals surface area contributed by atoms with E-state index < -0.39 is 0 Å². The molecule has 7 heteroatoms. The molecule has 0 radical (unpaired) electrons. The molecule has 1 aliphatic heterocycles. The highest BCUT2D eigenvalue weighted by molar-refractivity contribution is 14.0. The number of nitrogens with one attached hydrogen (secondary N) is 2. The summed E-state index contributed by atoms with van der Waals surface area (Å²) in [6.07, 6.45) is 6.40. The first kappa shape index (κ1) is 24.4. The third-order valence-electron chi connectivity index (χ3n) is 4.64. The number of rotatable bonds is 9. The minimum absolute atomic E-state index is 0. The number of hydrogen-bond donors (Lipinski definition) is 2. The minimum Gasteiger partial charge on any atom is -0.355 e. The van der Waals surface area contributed by atoms with Crippen molar-refractivity contribution in [2.45, 2.75) is 58.9 Å². The maximum absolute atomic E-state index is 11.3. The van der Waals surface area contributed by atoms with E-state index >= 15 is 0 Å². The normalized spacial score (nSPS) is 17.0. The number of nitrogens with zero attached hydrogens (tertiary/aromatic N) is 3. The molecule has 2 N–H and O–H groups in total. The molecule has 0 saturated carbocycles. The van der Waals surface area contributed by atoms with Crippen molar-refractivity contribution >= 4 is 35.8 Å². The number of unbranched alkanes of at least 4 members (excludes halogenated alkanes) is 3. The number of aliphatic imine (C=N–C) groups is 1. The van der Waals surface area contributed by atoms with Crippen LogP contribution in [0, 0.1) is 0 Å². The number of amides is 1. The van der Waals surface area contributed by atoms with Crippen LogP contribution in [0.2, 0.25) is 0 Å². The molecular formula is C18H38IN5O. The Labute approximate surface area is 171 Å². The molecule has 1 amide bonds. The standard InChI is InChI=1S/C18H37N5O.HI/c1-5-6-7-8-9-16(2)21-18(19-4)20-10-11-22-12-14-23(15-13-22)17(3)24;/h16H,5-15H2,1-4H3,(H2,19,20,21);1H. The van der Waals surface area contributed by atoms with Gasteiger partial charge in [-0.3, -0.25) is 14.7 Å². The number of halogens is 1. The molecule has 1 fully saturated rings. The lowest BCUT2D eigenvalue weighted by atomic mass is 10.1. The van der Waals surface area contributed by atoms with Crippen molar-refractivity contribution in [2.24, 2.45) is 4.99 Å². The zero-order valence-corrected chi connectivity index (χ0v) is 18.8. The Bertz CT molecular complexity index is 384. The van der Waals surface area contributed by atoms with Gasteiger partial charge in [-0.05, 0) is 13.3 Å². The van der Waals surface area contributed by atoms with Crippen LogP contribution in [0.5, 0.6) is 0 Å². The Morgan fingerprint density at radius 3 is 2.40 bits per heavy atom. The largest absolute Gasteiger partial charge is 0.355 e. The van der Waals surface area contributed by atoms with Gasteiger partial charge in [0.15, 0.2) is 5.96 Å². The highest BCUT2D eigenvalue weighted by Gasteiger charge is 2.17. The predicted molar refractivity (Wildman–Crippen MR) is 117 cm³/mol. The van der Waals surface area contributed by atoms with Gasteiger partial charge in [0, 0.05) is 59.3 Å². The molecule has 1 heterocycles. The SMILES string of the molecule is CCCCCCC(C)NC(=NC)NCCN1CCN(C(C)=O)CC1.I. The summed E-state index contributed by atoms with van der Waals surface area (Å²) in [5.41, 5.74) is 0. The van der Waals surface area contributed by atoms with Crippen LogP contribution in [0.15, 0.2) is 4.99 Å². The lowest BCUT2D eigenvalue weighted by molar-refractivity contribution is -0.130. The van der Waals surface area contributed by atoms with Gasteiger partial charge in [0.1, 0.15) is 0 Å². The molecule has 0 bridgehead atoms. The second-order valence-electron chi connectivity index (χ2n) is 6.74. The molecule has 0 aromatic heterocycles. The van der Waals surface area contributed by atoms with Crippen LogP contribution in [0.3, 0.4) is 0 Å². The van der Waals surface area contributed by atoms with Crippen LogP contribution in [0.1, 0.15) is 52.9 Å². The fourth-order valence-corrected chi connectivity index (χ4v) is 3.00. The van der Waals surface area contributed by atoms with Crippen LogP contribution >= 0.6 is 24.0 Å². The predicted octanol–water partition coefficient (Wildman–Crippen LogP) is 2.29. The van der Waals surface area contributed by atoms with Gasteiger partial charge >= 0.3 is 0 Å². The van der Waals surface area contributed by atoms with E-state index in [1.54, 1.807) is 6.92 Å². The Morgan fingerprint density at radius 2 is 1.84 bits per heavy atom. The molecule has 1 atom stereocenters. The smallest absolute Gasteiger partial charge is 0.219 e. The number of carbonyl (C=O) groups is 1. The third-order valence-corrected chi connectivity index (χ3v) is 4.64. The lowest BCUT2D eigenvalue weighted by Gasteiger charge is -2.34. The van der Waals surface area contributed by atoms with Gasteiger partial charge in [-0.1, -0.05) is 32.6 Å². The molecule has 1 aliphatic rings.